The second-order valence-corrected chi connectivity index (χ2v) is 7.79. The van der Waals surface area contributed by atoms with Gasteiger partial charge >= 0.3 is 0 Å². The Kier molecular flexibility index (Phi) is 3.90. The molecule has 1 amide bonds. The topological polar surface area (TPSA) is 72.2 Å². The fraction of sp³-hybridized carbons (Fsp3) is 0.261. The van der Waals surface area contributed by atoms with Gasteiger partial charge in [-0.3, -0.25) is 14.9 Å². The summed E-state index contributed by atoms with van der Waals surface area (Å²) in [6.07, 6.45) is 9.44. The van der Waals surface area contributed by atoms with E-state index < -0.39 is 4.92 Å². The van der Waals surface area contributed by atoms with Gasteiger partial charge in [0.25, 0.3) is 5.69 Å². The van der Waals surface area contributed by atoms with E-state index in [4.69, 9.17) is 0 Å². The number of hydrogen-bond donors (Lipinski definition) is 1. The number of carbonyl (C=O) groups is 1. The van der Waals surface area contributed by atoms with Crippen LogP contribution in [-0.4, -0.2) is 10.8 Å². The molecule has 0 spiro atoms. The molecule has 0 saturated heterocycles. The fourth-order valence-corrected chi connectivity index (χ4v) is 5.39. The molecule has 140 valence electrons. The molecule has 0 aromatic heterocycles. The number of nitrogens with zero attached hydrogens (tertiary/aromatic N) is 1. The van der Waals surface area contributed by atoms with Crippen LogP contribution in [0.15, 0.2) is 72.8 Å². The van der Waals surface area contributed by atoms with Crippen molar-refractivity contribution < 1.29 is 9.72 Å². The second-order valence-electron chi connectivity index (χ2n) is 7.79. The molecule has 0 heterocycles. The Morgan fingerprint density at radius 2 is 1.64 bits per heavy atom. The molecule has 0 aliphatic heterocycles. The van der Waals surface area contributed by atoms with E-state index in [1.807, 2.05) is 6.07 Å². The molecular formula is C23H20N2O3. The van der Waals surface area contributed by atoms with Crippen molar-refractivity contribution >= 4 is 17.3 Å². The number of nitro benzene ring substituents is 1. The molecule has 0 unspecified atom stereocenters. The number of hydrogen-bond acceptors (Lipinski definition) is 3. The van der Waals surface area contributed by atoms with Gasteiger partial charge in [-0.2, -0.15) is 0 Å². The van der Waals surface area contributed by atoms with Gasteiger partial charge in [-0.1, -0.05) is 60.7 Å². The molecule has 0 radical (unpaired) electrons. The highest BCUT2D eigenvalue weighted by molar-refractivity contribution is 5.95. The molecule has 2 aromatic rings. The Labute approximate surface area is 162 Å². The van der Waals surface area contributed by atoms with Crippen molar-refractivity contribution in [3.63, 3.8) is 0 Å². The number of anilines is 1. The lowest BCUT2D eigenvalue weighted by molar-refractivity contribution is -0.383. The average molecular weight is 372 g/mol. The number of para-hydroxylation sites is 2. The first-order chi connectivity index (χ1) is 13.6. The van der Waals surface area contributed by atoms with Crippen LogP contribution in [0.4, 0.5) is 11.4 Å². The summed E-state index contributed by atoms with van der Waals surface area (Å²) in [7, 11) is 0. The van der Waals surface area contributed by atoms with Gasteiger partial charge in [0.05, 0.1) is 4.92 Å². The van der Waals surface area contributed by atoms with Crippen molar-refractivity contribution in [2.45, 2.75) is 18.3 Å². The monoisotopic (exact) mass is 372 g/mol. The molecule has 4 aliphatic rings. The van der Waals surface area contributed by atoms with E-state index in [0.29, 0.717) is 17.8 Å². The number of carbonyl (C=O) groups excluding carboxylic acids is 1. The predicted octanol–water partition coefficient (Wildman–Crippen LogP) is 4.79. The average Bonchev–Trinajstić information content (AvgIpc) is 2.74. The quantitative estimate of drug-likeness (QED) is 0.622. The van der Waals surface area contributed by atoms with Crippen LogP contribution < -0.4 is 5.32 Å². The van der Waals surface area contributed by atoms with Crippen LogP contribution in [0.25, 0.3) is 0 Å². The van der Waals surface area contributed by atoms with Gasteiger partial charge in [0.1, 0.15) is 5.69 Å². The van der Waals surface area contributed by atoms with Crippen molar-refractivity contribution in [3.05, 3.63) is 94.1 Å². The van der Waals surface area contributed by atoms with Crippen molar-refractivity contribution in [2.75, 3.05) is 5.32 Å². The van der Waals surface area contributed by atoms with Crippen LogP contribution in [0.5, 0.6) is 0 Å². The first-order valence-electron chi connectivity index (χ1n) is 9.63. The maximum atomic E-state index is 13.2. The minimum Gasteiger partial charge on any atom is -0.320 e. The van der Waals surface area contributed by atoms with Crippen molar-refractivity contribution in [2.24, 2.45) is 17.8 Å². The zero-order valence-corrected chi connectivity index (χ0v) is 15.2. The van der Waals surface area contributed by atoms with E-state index >= 15 is 0 Å². The normalized spacial score (nSPS) is 29.1. The molecule has 1 N–H and O–H groups in total. The van der Waals surface area contributed by atoms with Crippen molar-refractivity contribution in [1.29, 1.82) is 0 Å². The summed E-state index contributed by atoms with van der Waals surface area (Å²) in [4.78, 5) is 24.1. The van der Waals surface area contributed by atoms with Gasteiger partial charge in [-0.15, -0.1) is 0 Å². The van der Waals surface area contributed by atoms with Crippen LogP contribution in [0.1, 0.15) is 29.4 Å². The third kappa shape index (κ3) is 2.50. The molecule has 4 aliphatic carbocycles. The highest BCUT2D eigenvalue weighted by Gasteiger charge is 2.52. The zero-order valence-electron chi connectivity index (χ0n) is 15.2. The molecule has 5 nitrogen and oxygen atoms in total. The number of amides is 1. The number of nitrogens with one attached hydrogen (secondary N) is 1. The van der Waals surface area contributed by atoms with E-state index in [-0.39, 0.29) is 29.1 Å². The molecular weight excluding hydrogens is 352 g/mol. The lowest BCUT2D eigenvalue weighted by Crippen LogP contribution is -2.46. The van der Waals surface area contributed by atoms with Crippen molar-refractivity contribution in [1.82, 2.24) is 0 Å². The highest BCUT2D eigenvalue weighted by atomic mass is 16.6. The first kappa shape index (κ1) is 16.9. The second kappa shape index (κ2) is 6.44. The SMILES string of the molecule is O=C(Nc1ccccc1[N+](=O)[O-])[C@H]1C[C@@H]2c3ccccc3[C@H]1[C@H]1C=CC=C[C@@H]12. The largest absolute Gasteiger partial charge is 0.320 e. The minimum atomic E-state index is -0.456. The van der Waals surface area contributed by atoms with Gasteiger partial charge < -0.3 is 5.32 Å². The van der Waals surface area contributed by atoms with Gasteiger partial charge in [0, 0.05) is 17.9 Å². The van der Waals surface area contributed by atoms with E-state index in [2.05, 4.69) is 47.8 Å². The number of fused-ring (bicyclic) bond motifs is 1. The Bertz CT molecular complexity index is 1030. The summed E-state index contributed by atoms with van der Waals surface area (Å²) in [5.41, 5.74) is 2.80. The third-order valence-corrected chi connectivity index (χ3v) is 6.49. The lowest BCUT2D eigenvalue weighted by atomic mass is 9.51. The molecule has 28 heavy (non-hydrogen) atoms. The van der Waals surface area contributed by atoms with E-state index in [9.17, 15) is 14.9 Å². The van der Waals surface area contributed by atoms with E-state index in [1.54, 1.807) is 18.2 Å². The van der Waals surface area contributed by atoms with Gasteiger partial charge in [-0.25, -0.2) is 0 Å². The number of allylic oxidation sites excluding steroid dienone is 4. The zero-order chi connectivity index (χ0) is 19.3. The van der Waals surface area contributed by atoms with Crippen LogP contribution in [0.3, 0.4) is 0 Å². The van der Waals surface area contributed by atoms with E-state index in [1.165, 1.54) is 17.2 Å². The van der Waals surface area contributed by atoms with Crippen LogP contribution in [-0.2, 0) is 4.79 Å². The Balaban J connectivity index is 1.51. The maximum Gasteiger partial charge on any atom is 0.292 e. The summed E-state index contributed by atoms with van der Waals surface area (Å²) < 4.78 is 0. The smallest absolute Gasteiger partial charge is 0.292 e. The lowest BCUT2D eigenvalue weighted by Gasteiger charge is -2.52. The van der Waals surface area contributed by atoms with Crippen LogP contribution in [0.2, 0.25) is 0 Å². The number of rotatable bonds is 3. The summed E-state index contributed by atoms with van der Waals surface area (Å²) >= 11 is 0. The number of nitro groups is 1. The summed E-state index contributed by atoms with van der Waals surface area (Å²) in [5, 5.41) is 14.1. The molecule has 5 heteroatoms. The Hall–Kier alpha value is -3.21. The molecule has 2 bridgehead atoms. The summed E-state index contributed by atoms with van der Waals surface area (Å²) in [6.45, 7) is 0. The van der Waals surface area contributed by atoms with Crippen LogP contribution >= 0.6 is 0 Å². The Morgan fingerprint density at radius 1 is 0.964 bits per heavy atom. The third-order valence-electron chi connectivity index (χ3n) is 6.49. The van der Waals surface area contributed by atoms with Crippen molar-refractivity contribution in [3.8, 4) is 0 Å². The first-order valence-corrected chi connectivity index (χ1v) is 9.63. The minimum absolute atomic E-state index is 0.0735. The highest BCUT2D eigenvalue weighted by Crippen LogP contribution is 2.59. The summed E-state index contributed by atoms with van der Waals surface area (Å²) in [6, 6.07) is 14.8. The van der Waals surface area contributed by atoms with E-state index in [0.717, 1.165) is 6.42 Å². The molecule has 5 atom stereocenters. The molecule has 2 aromatic carbocycles. The standard InChI is InChI=1S/C23H20N2O3/c26-23(24-20-11-5-6-12-21(20)25(27)28)19-13-18-14-7-1-3-9-16(14)22(19)17-10-4-2-8-15(17)18/h1-12,14,16,18-19,22H,13H2,(H,24,26)/t14-,16-,18-,19-,22+/m0/s1. The maximum absolute atomic E-state index is 13.2. The van der Waals surface area contributed by atoms with Gasteiger partial charge in [-0.05, 0) is 41.4 Å². The predicted molar refractivity (Wildman–Crippen MR) is 107 cm³/mol. The molecule has 1 saturated carbocycles. The fourth-order valence-electron chi connectivity index (χ4n) is 5.39. The number of benzene rings is 2. The van der Waals surface area contributed by atoms with Gasteiger partial charge in [0.2, 0.25) is 5.91 Å². The Morgan fingerprint density at radius 3 is 2.43 bits per heavy atom. The van der Waals surface area contributed by atoms with Crippen LogP contribution in [0, 0.1) is 27.9 Å². The summed E-state index contributed by atoms with van der Waals surface area (Å²) in [5.74, 6) is 0.779. The van der Waals surface area contributed by atoms with Gasteiger partial charge in [0.15, 0.2) is 0 Å². The molecule has 6 rings (SSSR count). The molecule has 1 fully saturated rings.